The van der Waals surface area contributed by atoms with Gasteiger partial charge in [0.15, 0.2) is 5.96 Å². The Hall–Kier alpha value is -2.10. The third-order valence-electron chi connectivity index (χ3n) is 4.13. The molecular weight excluding hydrogens is 455 g/mol. The summed E-state index contributed by atoms with van der Waals surface area (Å²) in [5.41, 5.74) is 7.10. The SMILES string of the molecule is CCNC(=NCc1ccccc1Cn1cccn1)NCC(C)(C)C(N)=O.I. The minimum atomic E-state index is -0.645. The van der Waals surface area contributed by atoms with E-state index in [0.717, 1.165) is 12.1 Å². The van der Waals surface area contributed by atoms with E-state index in [1.165, 1.54) is 5.56 Å². The number of benzene rings is 1. The Morgan fingerprint density at radius 2 is 1.93 bits per heavy atom. The largest absolute Gasteiger partial charge is 0.369 e. The van der Waals surface area contributed by atoms with E-state index in [1.54, 1.807) is 6.20 Å². The molecule has 1 heterocycles. The van der Waals surface area contributed by atoms with Crippen molar-refractivity contribution in [3.05, 3.63) is 53.9 Å². The number of hydrogen-bond acceptors (Lipinski definition) is 3. The van der Waals surface area contributed by atoms with Gasteiger partial charge in [0.2, 0.25) is 5.91 Å². The number of nitrogens with one attached hydrogen (secondary N) is 2. The highest BCUT2D eigenvalue weighted by atomic mass is 127. The van der Waals surface area contributed by atoms with Crippen LogP contribution >= 0.6 is 24.0 Å². The van der Waals surface area contributed by atoms with Gasteiger partial charge in [-0.25, -0.2) is 4.99 Å². The predicted molar refractivity (Wildman–Crippen MR) is 119 cm³/mol. The second-order valence-corrected chi connectivity index (χ2v) is 6.77. The van der Waals surface area contributed by atoms with Crippen LogP contribution in [0.3, 0.4) is 0 Å². The molecular formula is C19H29IN6O. The first-order chi connectivity index (χ1) is 12.4. The summed E-state index contributed by atoms with van der Waals surface area (Å²) in [7, 11) is 0. The maximum Gasteiger partial charge on any atom is 0.224 e. The fourth-order valence-corrected chi connectivity index (χ4v) is 2.33. The van der Waals surface area contributed by atoms with Crippen LogP contribution < -0.4 is 16.4 Å². The van der Waals surface area contributed by atoms with Crippen LogP contribution in [0.2, 0.25) is 0 Å². The van der Waals surface area contributed by atoms with Crippen LogP contribution in [0.5, 0.6) is 0 Å². The number of aliphatic imine (C=N–C) groups is 1. The van der Waals surface area contributed by atoms with E-state index >= 15 is 0 Å². The lowest BCUT2D eigenvalue weighted by Crippen LogP contribution is -2.46. The van der Waals surface area contributed by atoms with Crippen molar-refractivity contribution in [1.82, 2.24) is 20.4 Å². The van der Waals surface area contributed by atoms with Crippen LogP contribution in [0.1, 0.15) is 31.9 Å². The number of nitrogens with two attached hydrogens (primary N) is 1. The molecule has 1 amide bonds. The summed E-state index contributed by atoms with van der Waals surface area (Å²) < 4.78 is 1.89. The number of amides is 1. The smallest absolute Gasteiger partial charge is 0.224 e. The van der Waals surface area contributed by atoms with E-state index in [4.69, 9.17) is 5.73 Å². The molecule has 1 aromatic carbocycles. The Morgan fingerprint density at radius 3 is 2.52 bits per heavy atom. The summed E-state index contributed by atoms with van der Waals surface area (Å²) in [4.78, 5) is 16.1. The van der Waals surface area contributed by atoms with E-state index < -0.39 is 5.41 Å². The normalized spacial score (nSPS) is 11.6. The molecule has 8 heteroatoms. The van der Waals surface area contributed by atoms with E-state index in [1.807, 2.05) is 49.8 Å². The van der Waals surface area contributed by atoms with Gasteiger partial charge in [-0.05, 0) is 38.0 Å². The monoisotopic (exact) mass is 484 g/mol. The number of halogens is 1. The molecule has 4 N–H and O–H groups in total. The van der Waals surface area contributed by atoms with Crippen molar-refractivity contribution in [3.63, 3.8) is 0 Å². The molecule has 0 saturated heterocycles. The summed E-state index contributed by atoms with van der Waals surface area (Å²) in [6.07, 6.45) is 3.71. The number of primary amides is 1. The molecule has 148 valence electrons. The van der Waals surface area contributed by atoms with Crippen LogP contribution in [0.4, 0.5) is 0 Å². The molecule has 0 spiro atoms. The molecule has 0 radical (unpaired) electrons. The molecule has 27 heavy (non-hydrogen) atoms. The number of carbonyl (C=O) groups is 1. The third-order valence-corrected chi connectivity index (χ3v) is 4.13. The zero-order valence-corrected chi connectivity index (χ0v) is 18.4. The average Bonchev–Trinajstić information content (AvgIpc) is 3.11. The van der Waals surface area contributed by atoms with Gasteiger partial charge in [-0.3, -0.25) is 9.48 Å². The molecule has 0 aliphatic heterocycles. The van der Waals surface area contributed by atoms with Crippen LogP contribution in [0.25, 0.3) is 0 Å². The number of nitrogens with zero attached hydrogens (tertiary/aromatic N) is 3. The van der Waals surface area contributed by atoms with Gasteiger partial charge < -0.3 is 16.4 Å². The molecule has 0 saturated carbocycles. The summed E-state index contributed by atoms with van der Waals surface area (Å²) in [6, 6.07) is 10.1. The van der Waals surface area contributed by atoms with E-state index in [9.17, 15) is 4.79 Å². The number of guanidine groups is 1. The Morgan fingerprint density at radius 1 is 1.22 bits per heavy atom. The second kappa shape index (κ2) is 10.9. The summed E-state index contributed by atoms with van der Waals surface area (Å²) >= 11 is 0. The molecule has 2 aromatic rings. The van der Waals surface area contributed by atoms with E-state index in [2.05, 4.69) is 32.9 Å². The lowest BCUT2D eigenvalue weighted by atomic mass is 9.93. The van der Waals surface area contributed by atoms with Gasteiger partial charge in [-0.1, -0.05) is 24.3 Å². The number of rotatable bonds is 8. The highest BCUT2D eigenvalue weighted by molar-refractivity contribution is 14.0. The maximum absolute atomic E-state index is 11.5. The first kappa shape index (κ1) is 22.9. The lowest BCUT2D eigenvalue weighted by molar-refractivity contribution is -0.125. The minimum absolute atomic E-state index is 0. The number of hydrogen-bond donors (Lipinski definition) is 3. The molecule has 0 atom stereocenters. The van der Waals surface area contributed by atoms with Crippen LogP contribution in [0, 0.1) is 5.41 Å². The van der Waals surface area contributed by atoms with Gasteiger partial charge in [0.1, 0.15) is 0 Å². The average molecular weight is 484 g/mol. The highest BCUT2D eigenvalue weighted by Gasteiger charge is 2.24. The van der Waals surface area contributed by atoms with Gasteiger partial charge in [0.25, 0.3) is 0 Å². The van der Waals surface area contributed by atoms with E-state index in [-0.39, 0.29) is 29.9 Å². The minimum Gasteiger partial charge on any atom is -0.369 e. The van der Waals surface area contributed by atoms with Crippen molar-refractivity contribution in [2.75, 3.05) is 13.1 Å². The second-order valence-electron chi connectivity index (χ2n) is 6.77. The number of aromatic nitrogens is 2. The number of carbonyl (C=O) groups excluding carboxylic acids is 1. The summed E-state index contributed by atoms with van der Waals surface area (Å²) in [5, 5.41) is 10.7. The van der Waals surface area contributed by atoms with Gasteiger partial charge in [0, 0.05) is 25.5 Å². The van der Waals surface area contributed by atoms with E-state index in [0.29, 0.717) is 25.6 Å². The Kier molecular flexibility index (Phi) is 9.27. The first-order valence-electron chi connectivity index (χ1n) is 8.78. The van der Waals surface area contributed by atoms with Crippen molar-refractivity contribution >= 4 is 35.8 Å². The van der Waals surface area contributed by atoms with Gasteiger partial charge in [-0.15, -0.1) is 24.0 Å². The predicted octanol–water partition coefficient (Wildman–Crippen LogP) is 2.12. The molecule has 1 aromatic heterocycles. The molecule has 0 unspecified atom stereocenters. The van der Waals surface area contributed by atoms with Crippen LogP contribution in [-0.2, 0) is 17.9 Å². The molecule has 0 fully saturated rings. The fraction of sp³-hybridized carbons (Fsp3) is 0.421. The Bertz CT molecular complexity index is 742. The zero-order valence-electron chi connectivity index (χ0n) is 16.1. The molecule has 7 nitrogen and oxygen atoms in total. The summed E-state index contributed by atoms with van der Waals surface area (Å²) in [6.45, 7) is 8.01. The van der Waals surface area contributed by atoms with Crippen molar-refractivity contribution in [1.29, 1.82) is 0 Å². The Balaban J connectivity index is 0.00000364. The van der Waals surface area contributed by atoms with Crippen molar-refractivity contribution in [2.45, 2.75) is 33.9 Å². The fourth-order valence-electron chi connectivity index (χ4n) is 2.33. The highest BCUT2D eigenvalue weighted by Crippen LogP contribution is 2.13. The van der Waals surface area contributed by atoms with Crippen LogP contribution in [0.15, 0.2) is 47.7 Å². The molecule has 2 rings (SSSR count). The van der Waals surface area contributed by atoms with Crippen LogP contribution in [-0.4, -0.2) is 34.7 Å². The molecule has 0 aliphatic carbocycles. The maximum atomic E-state index is 11.5. The van der Waals surface area contributed by atoms with Crippen molar-refractivity contribution in [3.8, 4) is 0 Å². The molecule has 0 bridgehead atoms. The molecule has 0 aliphatic rings. The topological polar surface area (TPSA) is 97.3 Å². The first-order valence-corrected chi connectivity index (χ1v) is 8.78. The van der Waals surface area contributed by atoms with Gasteiger partial charge in [0.05, 0.1) is 18.5 Å². The lowest BCUT2D eigenvalue weighted by Gasteiger charge is -2.22. The van der Waals surface area contributed by atoms with Gasteiger partial charge in [-0.2, -0.15) is 5.10 Å². The van der Waals surface area contributed by atoms with Crippen molar-refractivity contribution < 1.29 is 4.79 Å². The van der Waals surface area contributed by atoms with Crippen molar-refractivity contribution in [2.24, 2.45) is 16.1 Å². The Labute approximate surface area is 177 Å². The quantitative estimate of drug-likeness (QED) is 0.304. The zero-order chi connectivity index (χ0) is 19.0. The third kappa shape index (κ3) is 7.20. The van der Waals surface area contributed by atoms with Gasteiger partial charge >= 0.3 is 0 Å². The standard InChI is InChI=1S/C19H28N6O.HI/c1-4-21-18(23-14-19(2,3)17(20)26)22-12-15-8-5-6-9-16(15)13-25-11-7-10-24-25;/h5-11H,4,12-14H2,1-3H3,(H2,20,26)(H2,21,22,23);1H. The summed E-state index contributed by atoms with van der Waals surface area (Å²) in [5.74, 6) is 0.320.